The molecule has 2 aliphatic rings. The van der Waals surface area contributed by atoms with Gasteiger partial charge in [0.1, 0.15) is 17.4 Å². The standard InChI is InChI=1S/C25H22FN5OS/c1-24-9-17-5-6-30-22(32-2)19(17)10-25(24,31-23(28)33-14-24)20-8-16(3-4-21(20)26)18-7-15(11-27)12-29-13-18/h3-8,12-13H,9-10,14H2,1-2H3,(H2,28,31)/t24-,25+/m0/s1. The minimum absolute atomic E-state index is 0.343. The number of nitrogens with two attached hydrogens (primary N) is 1. The van der Waals surface area contributed by atoms with Crippen LogP contribution in [0, 0.1) is 22.6 Å². The number of methoxy groups -OCH3 is 1. The van der Waals surface area contributed by atoms with Gasteiger partial charge < -0.3 is 10.5 Å². The Morgan fingerprint density at radius 1 is 1.18 bits per heavy atom. The predicted molar refractivity (Wildman–Crippen MR) is 126 cm³/mol. The number of nitrogens with zero attached hydrogens (tertiary/aromatic N) is 4. The maximum atomic E-state index is 15.6. The lowest BCUT2D eigenvalue weighted by atomic mass is 9.58. The Morgan fingerprint density at radius 3 is 2.82 bits per heavy atom. The van der Waals surface area contributed by atoms with Crippen LogP contribution in [0.3, 0.4) is 0 Å². The lowest BCUT2D eigenvalue weighted by Gasteiger charge is -2.52. The van der Waals surface area contributed by atoms with Crippen molar-refractivity contribution in [3.8, 4) is 23.1 Å². The molecule has 5 rings (SSSR count). The van der Waals surface area contributed by atoms with E-state index in [9.17, 15) is 5.26 Å². The van der Waals surface area contributed by atoms with Gasteiger partial charge in [-0.05, 0) is 41.8 Å². The van der Waals surface area contributed by atoms with Crippen molar-refractivity contribution in [3.63, 3.8) is 0 Å². The summed E-state index contributed by atoms with van der Waals surface area (Å²) in [6.07, 6.45) is 6.04. The second kappa shape index (κ2) is 7.85. The quantitative estimate of drug-likeness (QED) is 0.630. The van der Waals surface area contributed by atoms with Crippen molar-refractivity contribution in [2.75, 3.05) is 12.9 Å². The van der Waals surface area contributed by atoms with Gasteiger partial charge in [-0.1, -0.05) is 24.8 Å². The fourth-order valence-electron chi connectivity index (χ4n) is 5.04. The van der Waals surface area contributed by atoms with Crippen LogP contribution in [-0.4, -0.2) is 28.0 Å². The van der Waals surface area contributed by atoms with Crippen LogP contribution in [0.2, 0.25) is 0 Å². The number of thioether (sulfide) groups is 1. The highest BCUT2D eigenvalue weighted by atomic mass is 32.2. The molecule has 3 aromatic rings. The third kappa shape index (κ3) is 3.35. The number of fused-ring (bicyclic) bond motifs is 2. The van der Waals surface area contributed by atoms with Gasteiger partial charge in [-0.2, -0.15) is 5.26 Å². The average molecular weight is 460 g/mol. The molecule has 2 atom stereocenters. The second-order valence-corrected chi connectivity index (χ2v) is 9.74. The zero-order valence-electron chi connectivity index (χ0n) is 18.3. The first-order valence-electron chi connectivity index (χ1n) is 10.5. The summed E-state index contributed by atoms with van der Waals surface area (Å²) >= 11 is 1.50. The molecule has 0 saturated carbocycles. The van der Waals surface area contributed by atoms with E-state index in [1.165, 1.54) is 24.0 Å². The van der Waals surface area contributed by atoms with Crippen LogP contribution in [0.1, 0.15) is 29.2 Å². The topological polar surface area (TPSA) is 97.2 Å². The summed E-state index contributed by atoms with van der Waals surface area (Å²) in [7, 11) is 1.59. The lowest BCUT2D eigenvalue weighted by Crippen LogP contribution is -2.54. The maximum Gasteiger partial charge on any atom is 0.216 e. The molecule has 166 valence electrons. The smallest absolute Gasteiger partial charge is 0.216 e. The molecule has 0 unspecified atom stereocenters. The first kappa shape index (κ1) is 21.4. The van der Waals surface area contributed by atoms with Gasteiger partial charge in [-0.3, -0.25) is 9.98 Å². The van der Waals surface area contributed by atoms with Gasteiger partial charge in [-0.25, -0.2) is 9.37 Å². The third-order valence-corrected chi connectivity index (χ3v) is 7.94. The first-order valence-corrected chi connectivity index (χ1v) is 11.5. The van der Waals surface area contributed by atoms with Crippen LogP contribution >= 0.6 is 11.8 Å². The van der Waals surface area contributed by atoms with E-state index in [-0.39, 0.29) is 11.2 Å². The summed E-state index contributed by atoms with van der Waals surface area (Å²) in [5.74, 6) is 0.897. The Hall–Kier alpha value is -3.44. The van der Waals surface area contributed by atoms with Gasteiger partial charge in [0.15, 0.2) is 5.17 Å². The van der Waals surface area contributed by atoms with Crippen LogP contribution in [0.15, 0.2) is 53.9 Å². The number of ether oxygens (including phenoxy) is 1. The van der Waals surface area contributed by atoms with E-state index in [0.29, 0.717) is 40.8 Å². The van der Waals surface area contributed by atoms with E-state index in [1.807, 2.05) is 12.1 Å². The van der Waals surface area contributed by atoms with Gasteiger partial charge in [0, 0.05) is 52.9 Å². The molecule has 0 amide bonds. The molecule has 0 saturated heterocycles. The minimum Gasteiger partial charge on any atom is -0.481 e. The highest BCUT2D eigenvalue weighted by Crippen LogP contribution is 2.57. The fraction of sp³-hybridized carbons (Fsp3) is 0.280. The first-order chi connectivity index (χ1) is 15.9. The zero-order chi connectivity index (χ0) is 23.2. The number of benzene rings is 1. The van der Waals surface area contributed by atoms with Crippen molar-refractivity contribution >= 4 is 16.9 Å². The van der Waals surface area contributed by atoms with E-state index in [1.54, 1.807) is 31.6 Å². The average Bonchev–Trinajstić information content (AvgIpc) is 2.83. The normalized spacial score (nSPS) is 23.6. The molecule has 1 aliphatic carbocycles. The number of amidine groups is 1. The van der Waals surface area contributed by atoms with Crippen LogP contribution in [0.25, 0.3) is 11.1 Å². The minimum atomic E-state index is -0.925. The molecule has 6 nitrogen and oxygen atoms in total. The Kier molecular flexibility index (Phi) is 5.09. The Bertz CT molecular complexity index is 1340. The molecule has 3 heterocycles. The Balaban J connectivity index is 1.75. The van der Waals surface area contributed by atoms with Crippen molar-refractivity contribution in [2.24, 2.45) is 16.1 Å². The zero-order valence-corrected chi connectivity index (χ0v) is 19.1. The summed E-state index contributed by atoms with van der Waals surface area (Å²) in [6, 6.07) is 10.9. The van der Waals surface area contributed by atoms with Crippen LogP contribution in [0.4, 0.5) is 4.39 Å². The van der Waals surface area contributed by atoms with Crippen molar-refractivity contribution < 1.29 is 9.13 Å². The molecule has 8 heteroatoms. The van der Waals surface area contributed by atoms with Gasteiger partial charge in [0.2, 0.25) is 5.88 Å². The van der Waals surface area contributed by atoms with E-state index >= 15 is 4.39 Å². The third-order valence-electron chi connectivity index (χ3n) is 6.77. The number of hydrogen-bond acceptors (Lipinski definition) is 7. The number of hydrogen-bond donors (Lipinski definition) is 1. The maximum absolute atomic E-state index is 15.6. The second-order valence-electron chi connectivity index (χ2n) is 8.74. The molecule has 33 heavy (non-hydrogen) atoms. The van der Waals surface area contributed by atoms with Crippen molar-refractivity contribution in [1.29, 1.82) is 5.26 Å². The highest BCUT2D eigenvalue weighted by molar-refractivity contribution is 8.13. The van der Waals surface area contributed by atoms with E-state index in [0.717, 1.165) is 22.3 Å². The van der Waals surface area contributed by atoms with E-state index < -0.39 is 5.54 Å². The molecule has 1 aromatic carbocycles. The predicted octanol–water partition coefficient (Wildman–Crippen LogP) is 4.22. The van der Waals surface area contributed by atoms with Crippen LogP contribution < -0.4 is 10.5 Å². The number of halogens is 1. The number of aromatic nitrogens is 2. The van der Waals surface area contributed by atoms with E-state index in [2.05, 4.69) is 23.0 Å². The van der Waals surface area contributed by atoms with Gasteiger partial charge in [0.25, 0.3) is 0 Å². The molecule has 1 aliphatic heterocycles. The molecular formula is C25H22FN5OS. The largest absolute Gasteiger partial charge is 0.481 e. The van der Waals surface area contributed by atoms with Crippen LogP contribution in [0.5, 0.6) is 5.88 Å². The summed E-state index contributed by atoms with van der Waals surface area (Å²) in [6.45, 7) is 2.15. The number of aliphatic imine (C=N–C) groups is 1. The lowest BCUT2D eigenvalue weighted by molar-refractivity contribution is 0.146. The SMILES string of the molecule is COc1nccc2c1C[C@]1(c3cc(-c4cncc(C#N)c4)ccc3F)N=C(N)SC[C@]1(C)C2. The summed E-state index contributed by atoms with van der Waals surface area (Å²) in [5, 5.41) is 9.71. The summed E-state index contributed by atoms with van der Waals surface area (Å²) < 4.78 is 21.2. The van der Waals surface area contributed by atoms with Crippen molar-refractivity contribution in [3.05, 3.63) is 77.0 Å². The molecule has 0 bridgehead atoms. The Labute approximate surface area is 195 Å². The number of nitriles is 1. The van der Waals surface area contributed by atoms with Crippen molar-refractivity contribution in [2.45, 2.75) is 25.3 Å². The molecule has 2 N–H and O–H groups in total. The fourth-order valence-corrected chi connectivity index (χ4v) is 6.06. The highest BCUT2D eigenvalue weighted by Gasteiger charge is 2.56. The summed E-state index contributed by atoms with van der Waals surface area (Å²) in [4.78, 5) is 13.5. The van der Waals surface area contributed by atoms with Gasteiger partial charge in [-0.15, -0.1) is 0 Å². The Morgan fingerprint density at radius 2 is 2.03 bits per heavy atom. The van der Waals surface area contributed by atoms with Gasteiger partial charge in [0.05, 0.1) is 12.7 Å². The molecule has 2 aromatic heterocycles. The molecule has 0 radical (unpaired) electrons. The molecule has 0 fully saturated rings. The van der Waals surface area contributed by atoms with E-state index in [4.69, 9.17) is 15.5 Å². The molecular weight excluding hydrogens is 437 g/mol. The number of pyridine rings is 2. The monoisotopic (exact) mass is 459 g/mol. The molecule has 0 spiro atoms. The van der Waals surface area contributed by atoms with Gasteiger partial charge >= 0.3 is 0 Å². The summed E-state index contributed by atoms with van der Waals surface area (Å²) in [5.41, 5.74) is 9.44. The number of rotatable bonds is 3. The van der Waals surface area contributed by atoms with Crippen LogP contribution in [-0.2, 0) is 18.4 Å². The van der Waals surface area contributed by atoms with Crippen molar-refractivity contribution in [1.82, 2.24) is 9.97 Å².